The number of hydrogen-bond acceptors (Lipinski definition) is 2. The molecule has 0 saturated carbocycles. The largest absolute Gasteiger partial charge is 0.494 e. The quantitative estimate of drug-likeness (QED) is 0.209. The van der Waals surface area contributed by atoms with Crippen LogP contribution in [0.2, 0.25) is 0 Å². The Morgan fingerprint density at radius 1 is 0.697 bits per heavy atom. The molecule has 2 heteroatoms. The maximum absolute atomic E-state index is 5.90. The molecule has 3 aromatic rings. The van der Waals surface area contributed by atoms with Gasteiger partial charge < -0.3 is 9.47 Å². The van der Waals surface area contributed by atoms with Gasteiger partial charge in [-0.2, -0.15) is 0 Å². The predicted molar refractivity (Wildman–Crippen MR) is 142 cm³/mol. The lowest BCUT2D eigenvalue weighted by molar-refractivity contribution is 0.141. The first kappa shape index (κ1) is 24.5. The maximum atomic E-state index is 5.90. The molecule has 2 nitrogen and oxygen atoms in total. The van der Waals surface area contributed by atoms with Gasteiger partial charge in [0.25, 0.3) is 0 Å². The molecule has 172 valence electrons. The van der Waals surface area contributed by atoms with Crippen LogP contribution >= 0.6 is 0 Å². The topological polar surface area (TPSA) is 18.5 Å². The molecular formula is C31H36O2. The average molecular weight is 441 g/mol. The molecule has 33 heavy (non-hydrogen) atoms. The highest BCUT2D eigenvalue weighted by molar-refractivity contribution is 5.73. The first-order chi connectivity index (χ1) is 16.2. The molecule has 3 aromatic carbocycles. The molecule has 1 atom stereocenters. The minimum atomic E-state index is 0.629. The van der Waals surface area contributed by atoms with Crippen molar-refractivity contribution >= 4 is 24.3 Å². The third-order valence-electron chi connectivity index (χ3n) is 5.84. The van der Waals surface area contributed by atoms with E-state index in [1.807, 2.05) is 12.1 Å². The molecule has 0 aliphatic carbocycles. The standard InChI is InChI=1S/C31H36O2/c1-4-26(24-32-3)6-5-23-33-31-21-19-30(20-22-31)18-17-29-15-13-28(14-16-29)12-11-27-9-7-25(2)8-10-27/h7-22,26H,4-6,23-24H2,1-3H3/b12-11+,18-17+. The number of ether oxygens (including phenoxy) is 2. The number of hydrogen-bond donors (Lipinski definition) is 0. The summed E-state index contributed by atoms with van der Waals surface area (Å²) in [6.45, 7) is 5.91. The van der Waals surface area contributed by atoms with Crippen molar-refractivity contribution in [2.45, 2.75) is 33.1 Å². The van der Waals surface area contributed by atoms with E-state index in [9.17, 15) is 0 Å². The lowest BCUT2D eigenvalue weighted by Crippen LogP contribution is -2.09. The highest BCUT2D eigenvalue weighted by Gasteiger charge is 2.05. The molecule has 0 aliphatic rings. The molecule has 1 unspecified atom stereocenters. The summed E-state index contributed by atoms with van der Waals surface area (Å²) in [5, 5.41) is 0. The van der Waals surface area contributed by atoms with Crippen LogP contribution in [0, 0.1) is 12.8 Å². The summed E-state index contributed by atoms with van der Waals surface area (Å²) in [7, 11) is 1.77. The van der Waals surface area contributed by atoms with Crippen LogP contribution in [0.15, 0.2) is 72.8 Å². The van der Waals surface area contributed by atoms with Crippen LogP contribution in [0.25, 0.3) is 24.3 Å². The lowest BCUT2D eigenvalue weighted by atomic mass is 10.0. The SMILES string of the molecule is CCC(CCCOc1ccc(/C=C/c2ccc(/C=C/c3ccc(C)cc3)cc2)cc1)COC. The van der Waals surface area contributed by atoms with Crippen molar-refractivity contribution in [2.24, 2.45) is 5.92 Å². The Bertz CT molecular complexity index is 996. The fourth-order valence-corrected chi connectivity index (χ4v) is 3.66. The van der Waals surface area contributed by atoms with Crippen molar-refractivity contribution in [2.75, 3.05) is 20.3 Å². The van der Waals surface area contributed by atoms with E-state index in [4.69, 9.17) is 9.47 Å². The molecular weight excluding hydrogens is 404 g/mol. The van der Waals surface area contributed by atoms with Gasteiger partial charge in [0.05, 0.1) is 6.61 Å². The second-order valence-electron chi connectivity index (χ2n) is 8.53. The van der Waals surface area contributed by atoms with E-state index in [1.54, 1.807) is 7.11 Å². The minimum absolute atomic E-state index is 0.629. The van der Waals surface area contributed by atoms with Gasteiger partial charge in [-0.15, -0.1) is 0 Å². The smallest absolute Gasteiger partial charge is 0.119 e. The van der Waals surface area contributed by atoms with Crippen LogP contribution in [0.3, 0.4) is 0 Å². The van der Waals surface area contributed by atoms with Crippen LogP contribution in [-0.4, -0.2) is 20.3 Å². The van der Waals surface area contributed by atoms with Crippen molar-refractivity contribution in [1.29, 1.82) is 0 Å². The van der Waals surface area contributed by atoms with Crippen LogP contribution in [-0.2, 0) is 4.74 Å². The summed E-state index contributed by atoms with van der Waals surface area (Å²) >= 11 is 0. The lowest BCUT2D eigenvalue weighted by Gasteiger charge is -2.13. The molecule has 0 radical (unpaired) electrons. The van der Waals surface area contributed by atoms with Crippen molar-refractivity contribution in [3.8, 4) is 5.75 Å². The van der Waals surface area contributed by atoms with Gasteiger partial charge in [-0.1, -0.05) is 104 Å². The minimum Gasteiger partial charge on any atom is -0.494 e. The first-order valence-corrected chi connectivity index (χ1v) is 11.9. The predicted octanol–water partition coefficient (Wildman–Crippen LogP) is 8.17. The van der Waals surface area contributed by atoms with Gasteiger partial charge in [0, 0.05) is 13.7 Å². The van der Waals surface area contributed by atoms with Crippen LogP contribution in [0.4, 0.5) is 0 Å². The Morgan fingerprint density at radius 3 is 1.61 bits per heavy atom. The van der Waals surface area contributed by atoms with Gasteiger partial charge in [-0.05, 0) is 60.1 Å². The molecule has 0 fully saturated rings. The monoisotopic (exact) mass is 440 g/mol. The summed E-state index contributed by atoms with van der Waals surface area (Å²) in [4.78, 5) is 0. The molecule has 0 spiro atoms. The third kappa shape index (κ3) is 8.75. The Labute approximate surface area is 199 Å². The highest BCUT2D eigenvalue weighted by Crippen LogP contribution is 2.17. The van der Waals surface area contributed by atoms with Crippen molar-refractivity contribution in [3.63, 3.8) is 0 Å². The molecule has 0 aliphatic heterocycles. The second-order valence-corrected chi connectivity index (χ2v) is 8.53. The number of rotatable bonds is 12. The van der Waals surface area contributed by atoms with Gasteiger partial charge in [-0.3, -0.25) is 0 Å². The third-order valence-corrected chi connectivity index (χ3v) is 5.84. The van der Waals surface area contributed by atoms with E-state index in [-0.39, 0.29) is 0 Å². The van der Waals surface area contributed by atoms with Crippen molar-refractivity contribution < 1.29 is 9.47 Å². The zero-order valence-electron chi connectivity index (χ0n) is 20.2. The molecule has 0 aromatic heterocycles. The van der Waals surface area contributed by atoms with E-state index < -0.39 is 0 Å². The molecule has 0 heterocycles. The zero-order valence-corrected chi connectivity index (χ0v) is 20.2. The fraction of sp³-hybridized carbons (Fsp3) is 0.290. The van der Waals surface area contributed by atoms with Gasteiger partial charge in [0.2, 0.25) is 0 Å². The van der Waals surface area contributed by atoms with Gasteiger partial charge in [0.15, 0.2) is 0 Å². The van der Waals surface area contributed by atoms with E-state index in [0.717, 1.165) is 43.8 Å². The number of benzene rings is 3. The Morgan fingerprint density at radius 2 is 1.15 bits per heavy atom. The van der Waals surface area contributed by atoms with Crippen LogP contribution < -0.4 is 4.74 Å². The summed E-state index contributed by atoms with van der Waals surface area (Å²) in [6.07, 6.45) is 11.9. The van der Waals surface area contributed by atoms with E-state index in [2.05, 4.69) is 98.8 Å². The zero-order chi connectivity index (χ0) is 23.3. The highest BCUT2D eigenvalue weighted by atomic mass is 16.5. The first-order valence-electron chi connectivity index (χ1n) is 11.9. The molecule has 0 amide bonds. The Balaban J connectivity index is 1.46. The normalized spacial score (nSPS) is 12.5. The summed E-state index contributed by atoms with van der Waals surface area (Å²) < 4.78 is 11.2. The van der Waals surface area contributed by atoms with Gasteiger partial charge >= 0.3 is 0 Å². The average Bonchev–Trinajstić information content (AvgIpc) is 2.85. The second kappa shape index (κ2) is 13.4. The Hall–Kier alpha value is -3.10. The molecule has 3 rings (SSSR count). The molecule has 0 N–H and O–H groups in total. The summed E-state index contributed by atoms with van der Waals surface area (Å²) in [6, 6.07) is 25.5. The maximum Gasteiger partial charge on any atom is 0.119 e. The fourth-order valence-electron chi connectivity index (χ4n) is 3.66. The van der Waals surface area contributed by atoms with Crippen molar-refractivity contribution in [1.82, 2.24) is 0 Å². The summed E-state index contributed by atoms with van der Waals surface area (Å²) in [5.74, 6) is 1.56. The van der Waals surface area contributed by atoms with E-state index in [1.165, 1.54) is 22.3 Å². The summed E-state index contributed by atoms with van der Waals surface area (Å²) in [5.41, 5.74) is 6.04. The number of methoxy groups -OCH3 is 1. The van der Waals surface area contributed by atoms with Gasteiger partial charge in [0.1, 0.15) is 5.75 Å². The van der Waals surface area contributed by atoms with E-state index in [0.29, 0.717) is 5.92 Å². The molecule has 0 saturated heterocycles. The van der Waals surface area contributed by atoms with Gasteiger partial charge in [-0.25, -0.2) is 0 Å². The Kier molecular flexibility index (Phi) is 10.0. The van der Waals surface area contributed by atoms with Crippen LogP contribution in [0.5, 0.6) is 5.75 Å². The van der Waals surface area contributed by atoms with Crippen LogP contribution in [0.1, 0.15) is 54.0 Å². The molecule has 0 bridgehead atoms. The van der Waals surface area contributed by atoms with Crippen molar-refractivity contribution in [3.05, 3.63) is 101 Å². The number of aryl methyl sites for hydroxylation is 1. The van der Waals surface area contributed by atoms with E-state index >= 15 is 0 Å².